The number of nitrogens with zero attached hydrogens (tertiary/aromatic N) is 4. The van der Waals surface area contributed by atoms with Crippen molar-refractivity contribution in [1.82, 2.24) is 19.9 Å². The van der Waals surface area contributed by atoms with E-state index < -0.39 is 0 Å². The van der Waals surface area contributed by atoms with Crippen LogP contribution in [0.2, 0.25) is 0 Å². The molecule has 4 rings (SSSR count). The fourth-order valence-electron chi connectivity index (χ4n) is 3.36. The van der Waals surface area contributed by atoms with E-state index in [0.717, 1.165) is 48.8 Å². The first-order valence-electron chi connectivity index (χ1n) is 9.22. The van der Waals surface area contributed by atoms with Gasteiger partial charge in [-0.3, -0.25) is 9.88 Å². The Morgan fingerprint density at radius 1 is 1.07 bits per heavy atom. The summed E-state index contributed by atoms with van der Waals surface area (Å²) >= 11 is 1.86. The highest BCUT2D eigenvalue weighted by atomic mass is 32.2. The summed E-state index contributed by atoms with van der Waals surface area (Å²) in [5, 5.41) is 0. The van der Waals surface area contributed by atoms with Crippen molar-refractivity contribution >= 4 is 17.7 Å². The SMILES string of the molecule is CCSc1ccc(-c2ccc(CN3CCc4nc(N)ncc4C3)cn2)cc1. The minimum atomic E-state index is 0.364. The number of hydrogen-bond acceptors (Lipinski definition) is 6. The van der Waals surface area contributed by atoms with Crippen LogP contribution >= 0.6 is 11.8 Å². The van der Waals surface area contributed by atoms with Gasteiger partial charge in [-0.05, 0) is 29.5 Å². The lowest BCUT2D eigenvalue weighted by molar-refractivity contribution is 0.243. The average molecular weight is 378 g/mol. The number of benzene rings is 1. The third-order valence-corrected chi connectivity index (χ3v) is 5.62. The van der Waals surface area contributed by atoms with Crippen molar-refractivity contribution in [3.8, 4) is 11.3 Å². The second-order valence-corrected chi connectivity index (χ2v) is 8.01. The number of fused-ring (bicyclic) bond motifs is 1. The number of nitrogens with two attached hydrogens (primary N) is 1. The van der Waals surface area contributed by atoms with Gasteiger partial charge in [-0.1, -0.05) is 25.1 Å². The molecular weight excluding hydrogens is 354 g/mol. The molecule has 1 aromatic carbocycles. The highest BCUT2D eigenvalue weighted by Crippen LogP contribution is 2.24. The summed E-state index contributed by atoms with van der Waals surface area (Å²) in [5.41, 5.74) is 11.3. The number of rotatable bonds is 5. The van der Waals surface area contributed by atoms with Gasteiger partial charge in [-0.25, -0.2) is 9.97 Å². The zero-order valence-electron chi connectivity index (χ0n) is 15.4. The van der Waals surface area contributed by atoms with Crippen LogP contribution in [-0.2, 0) is 19.5 Å². The van der Waals surface area contributed by atoms with E-state index >= 15 is 0 Å². The summed E-state index contributed by atoms with van der Waals surface area (Å²) < 4.78 is 0. The van der Waals surface area contributed by atoms with Gasteiger partial charge >= 0.3 is 0 Å². The first-order chi connectivity index (χ1) is 13.2. The number of pyridine rings is 1. The van der Waals surface area contributed by atoms with Crippen LogP contribution in [-0.4, -0.2) is 32.1 Å². The molecule has 6 heteroatoms. The average Bonchev–Trinajstić information content (AvgIpc) is 2.70. The Bertz CT molecular complexity index is 909. The minimum Gasteiger partial charge on any atom is -0.368 e. The molecule has 0 aliphatic carbocycles. The molecule has 0 unspecified atom stereocenters. The highest BCUT2D eigenvalue weighted by molar-refractivity contribution is 7.99. The summed E-state index contributed by atoms with van der Waals surface area (Å²) in [5.74, 6) is 1.45. The fraction of sp³-hybridized carbons (Fsp3) is 0.286. The molecule has 5 nitrogen and oxygen atoms in total. The summed E-state index contributed by atoms with van der Waals surface area (Å²) in [7, 11) is 0. The van der Waals surface area contributed by atoms with E-state index in [0.29, 0.717) is 5.95 Å². The van der Waals surface area contributed by atoms with Crippen LogP contribution in [0, 0.1) is 0 Å². The normalized spacial score (nSPS) is 14.1. The zero-order chi connectivity index (χ0) is 18.6. The number of aromatic nitrogens is 3. The largest absolute Gasteiger partial charge is 0.368 e. The van der Waals surface area contributed by atoms with Gasteiger partial charge in [0.1, 0.15) is 0 Å². The van der Waals surface area contributed by atoms with Crippen LogP contribution in [0.15, 0.2) is 53.7 Å². The van der Waals surface area contributed by atoms with E-state index in [4.69, 9.17) is 5.73 Å². The topological polar surface area (TPSA) is 67.9 Å². The van der Waals surface area contributed by atoms with E-state index in [-0.39, 0.29) is 0 Å². The Morgan fingerprint density at radius 3 is 2.67 bits per heavy atom. The number of thioether (sulfide) groups is 1. The molecule has 2 N–H and O–H groups in total. The third-order valence-electron chi connectivity index (χ3n) is 4.72. The van der Waals surface area contributed by atoms with E-state index in [2.05, 4.69) is 63.2 Å². The summed E-state index contributed by atoms with van der Waals surface area (Å²) in [6, 6.07) is 12.9. The molecule has 3 heterocycles. The van der Waals surface area contributed by atoms with Crippen molar-refractivity contribution < 1.29 is 0 Å². The van der Waals surface area contributed by atoms with Gasteiger partial charge in [0.15, 0.2) is 0 Å². The third kappa shape index (κ3) is 4.28. The summed E-state index contributed by atoms with van der Waals surface area (Å²) in [6.07, 6.45) is 4.75. The molecule has 0 radical (unpaired) electrons. The Labute approximate surface area is 164 Å². The monoisotopic (exact) mass is 377 g/mol. The van der Waals surface area contributed by atoms with Crippen LogP contribution in [0.1, 0.15) is 23.7 Å². The lowest BCUT2D eigenvalue weighted by Crippen LogP contribution is -2.31. The maximum absolute atomic E-state index is 5.68. The summed E-state index contributed by atoms with van der Waals surface area (Å²) in [6.45, 7) is 4.88. The van der Waals surface area contributed by atoms with Crippen LogP contribution in [0.25, 0.3) is 11.3 Å². The standard InChI is InChI=1S/C21H23N5S/c1-2-27-18-6-4-16(5-7-18)19-8-3-15(11-23-19)13-26-10-9-20-17(14-26)12-24-21(22)25-20/h3-8,11-12H,2,9-10,13-14H2,1H3,(H2,22,24,25). The summed E-state index contributed by atoms with van der Waals surface area (Å²) in [4.78, 5) is 16.8. The smallest absolute Gasteiger partial charge is 0.220 e. The minimum absolute atomic E-state index is 0.364. The van der Waals surface area contributed by atoms with Crippen LogP contribution in [0.3, 0.4) is 0 Å². The van der Waals surface area contributed by atoms with Gasteiger partial charge in [0.2, 0.25) is 5.95 Å². The molecule has 0 atom stereocenters. The number of anilines is 1. The van der Waals surface area contributed by atoms with E-state index in [1.54, 1.807) is 0 Å². The molecule has 3 aromatic rings. The highest BCUT2D eigenvalue weighted by Gasteiger charge is 2.18. The molecule has 138 valence electrons. The van der Waals surface area contributed by atoms with Gasteiger partial charge in [0, 0.05) is 54.5 Å². The molecule has 0 amide bonds. The number of hydrogen-bond donors (Lipinski definition) is 1. The Morgan fingerprint density at radius 2 is 1.93 bits per heavy atom. The van der Waals surface area contributed by atoms with Crippen molar-refractivity contribution in [3.05, 3.63) is 65.6 Å². The van der Waals surface area contributed by atoms with Gasteiger partial charge in [-0.15, -0.1) is 11.8 Å². The van der Waals surface area contributed by atoms with Gasteiger partial charge in [0.25, 0.3) is 0 Å². The van der Waals surface area contributed by atoms with Crippen molar-refractivity contribution in [2.24, 2.45) is 0 Å². The predicted molar refractivity (Wildman–Crippen MR) is 110 cm³/mol. The molecule has 2 aromatic heterocycles. The first kappa shape index (κ1) is 17.9. The second kappa shape index (κ2) is 8.06. The molecule has 0 bridgehead atoms. The molecule has 1 aliphatic heterocycles. The van der Waals surface area contributed by atoms with Crippen molar-refractivity contribution in [3.63, 3.8) is 0 Å². The van der Waals surface area contributed by atoms with Crippen LogP contribution < -0.4 is 5.73 Å². The fourth-order valence-corrected chi connectivity index (χ4v) is 4.02. The van der Waals surface area contributed by atoms with E-state index in [9.17, 15) is 0 Å². The predicted octanol–water partition coefficient (Wildman–Crippen LogP) is 3.79. The molecule has 1 aliphatic rings. The van der Waals surface area contributed by atoms with Crippen molar-refractivity contribution in [1.29, 1.82) is 0 Å². The van der Waals surface area contributed by atoms with Gasteiger partial charge in [-0.2, -0.15) is 0 Å². The van der Waals surface area contributed by atoms with E-state index in [1.165, 1.54) is 16.0 Å². The molecule has 0 fully saturated rings. The molecule has 0 saturated carbocycles. The van der Waals surface area contributed by atoms with Gasteiger partial charge in [0.05, 0.1) is 11.4 Å². The quantitative estimate of drug-likeness (QED) is 0.682. The first-order valence-corrected chi connectivity index (χ1v) is 10.2. The molecule has 0 saturated heterocycles. The van der Waals surface area contributed by atoms with Crippen LogP contribution in [0.5, 0.6) is 0 Å². The number of nitrogen functional groups attached to an aromatic ring is 1. The van der Waals surface area contributed by atoms with Crippen molar-refractivity contribution in [2.45, 2.75) is 31.3 Å². The maximum Gasteiger partial charge on any atom is 0.220 e. The van der Waals surface area contributed by atoms with E-state index in [1.807, 2.05) is 24.2 Å². The molecule has 27 heavy (non-hydrogen) atoms. The molecule has 0 spiro atoms. The molecular formula is C21H23N5S. The Balaban J connectivity index is 1.41. The second-order valence-electron chi connectivity index (χ2n) is 6.67. The Kier molecular flexibility index (Phi) is 5.36. The maximum atomic E-state index is 5.68. The zero-order valence-corrected chi connectivity index (χ0v) is 16.2. The van der Waals surface area contributed by atoms with Crippen molar-refractivity contribution in [2.75, 3.05) is 18.0 Å². The van der Waals surface area contributed by atoms with Gasteiger partial charge < -0.3 is 5.73 Å². The lowest BCUT2D eigenvalue weighted by Gasteiger charge is -2.27. The lowest BCUT2D eigenvalue weighted by atomic mass is 10.1. The Hall–Kier alpha value is -2.44. The van der Waals surface area contributed by atoms with Crippen LogP contribution in [0.4, 0.5) is 5.95 Å².